The minimum Gasteiger partial charge on any atom is -0.336 e. The van der Waals surface area contributed by atoms with Gasteiger partial charge in [-0.25, -0.2) is 8.42 Å². The molecule has 2 N–H and O–H groups in total. The molecular formula is C14H22ClN3O3S. The molecule has 0 unspecified atom stereocenters. The Hall–Kier alpha value is -1.31. The standard InChI is InChI=1S/C14H21N3O3S.ClH/c1-2-11-21(19,20)16-13-5-3-12(4-6-13)14(18)17-9-7-15-8-10-17;/h3-6,15-16H,2,7-11H2,1H3;1H. The molecule has 0 atom stereocenters. The van der Waals surface area contributed by atoms with Crippen LogP contribution in [0.3, 0.4) is 0 Å². The Morgan fingerprint density at radius 2 is 1.82 bits per heavy atom. The summed E-state index contributed by atoms with van der Waals surface area (Å²) in [6.07, 6.45) is 0.564. The summed E-state index contributed by atoms with van der Waals surface area (Å²) in [5.41, 5.74) is 1.07. The zero-order valence-corrected chi connectivity index (χ0v) is 14.2. The van der Waals surface area contributed by atoms with Crippen LogP contribution in [0.25, 0.3) is 0 Å². The van der Waals surface area contributed by atoms with Crippen LogP contribution in [0.5, 0.6) is 0 Å². The average molecular weight is 348 g/mol. The Kier molecular flexibility index (Phi) is 7.12. The molecule has 0 saturated carbocycles. The molecule has 1 amide bonds. The molecule has 0 radical (unpaired) electrons. The Morgan fingerprint density at radius 1 is 1.23 bits per heavy atom. The third-order valence-electron chi connectivity index (χ3n) is 3.28. The van der Waals surface area contributed by atoms with E-state index in [1.165, 1.54) is 0 Å². The summed E-state index contributed by atoms with van der Waals surface area (Å²) in [6, 6.07) is 6.58. The maximum absolute atomic E-state index is 12.3. The van der Waals surface area contributed by atoms with Crippen molar-refractivity contribution in [3.05, 3.63) is 29.8 Å². The number of rotatable bonds is 5. The second-order valence-corrected chi connectivity index (χ2v) is 6.88. The fourth-order valence-electron chi connectivity index (χ4n) is 2.23. The third-order valence-corrected chi connectivity index (χ3v) is 4.77. The Labute approximate surface area is 137 Å². The fourth-order valence-corrected chi connectivity index (χ4v) is 3.37. The SMILES string of the molecule is CCCS(=O)(=O)Nc1ccc(C(=O)N2CCNCC2)cc1.Cl. The van der Waals surface area contributed by atoms with Crippen molar-refractivity contribution < 1.29 is 13.2 Å². The van der Waals surface area contributed by atoms with Gasteiger partial charge in [-0.15, -0.1) is 12.4 Å². The molecule has 1 fully saturated rings. The van der Waals surface area contributed by atoms with Gasteiger partial charge in [-0.3, -0.25) is 9.52 Å². The van der Waals surface area contributed by atoms with Gasteiger partial charge in [0, 0.05) is 37.4 Å². The van der Waals surface area contributed by atoms with E-state index in [-0.39, 0.29) is 24.1 Å². The molecule has 8 heteroatoms. The van der Waals surface area contributed by atoms with Gasteiger partial charge in [0.15, 0.2) is 0 Å². The highest BCUT2D eigenvalue weighted by molar-refractivity contribution is 7.92. The highest BCUT2D eigenvalue weighted by Gasteiger charge is 2.18. The lowest BCUT2D eigenvalue weighted by Gasteiger charge is -2.27. The molecule has 0 aromatic heterocycles. The summed E-state index contributed by atoms with van der Waals surface area (Å²) in [7, 11) is -3.29. The van der Waals surface area contributed by atoms with Gasteiger partial charge in [0.1, 0.15) is 0 Å². The zero-order chi connectivity index (χ0) is 15.3. The van der Waals surface area contributed by atoms with Crippen LogP contribution in [0.4, 0.5) is 5.69 Å². The molecule has 1 aromatic carbocycles. The number of halogens is 1. The van der Waals surface area contributed by atoms with Crippen LogP contribution < -0.4 is 10.0 Å². The predicted molar refractivity (Wildman–Crippen MR) is 90.2 cm³/mol. The number of hydrogen-bond acceptors (Lipinski definition) is 4. The number of nitrogens with one attached hydrogen (secondary N) is 2. The lowest BCUT2D eigenvalue weighted by Crippen LogP contribution is -2.46. The molecule has 1 aliphatic rings. The molecule has 6 nitrogen and oxygen atoms in total. The first kappa shape index (κ1) is 18.7. The van der Waals surface area contributed by atoms with Gasteiger partial charge in [-0.1, -0.05) is 6.92 Å². The van der Waals surface area contributed by atoms with Gasteiger partial charge in [0.2, 0.25) is 10.0 Å². The van der Waals surface area contributed by atoms with E-state index >= 15 is 0 Å². The van der Waals surface area contributed by atoms with Crippen LogP contribution in [-0.4, -0.2) is 51.2 Å². The molecule has 1 aromatic rings. The van der Waals surface area contributed by atoms with Crippen LogP contribution in [-0.2, 0) is 10.0 Å². The first-order valence-corrected chi connectivity index (χ1v) is 8.77. The average Bonchev–Trinajstić information content (AvgIpc) is 2.48. The van der Waals surface area contributed by atoms with E-state index in [2.05, 4.69) is 10.0 Å². The fraction of sp³-hybridized carbons (Fsp3) is 0.500. The van der Waals surface area contributed by atoms with Gasteiger partial charge in [0.25, 0.3) is 5.91 Å². The Balaban J connectivity index is 0.00000242. The van der Waals surface area contributed by atoms with Crippen LogP contribution in [0.2, 0.25) is 0 Å². The summed E-state index contributed by atoms with van der Waals surface area (Å²) in [5.74, 6) is 0.0773. The number of sulfonamides is 1. The molecule has 2 rings (SSSR count). The monoisotopic (exact) mass is 347 g/mol. The van der Waals surface area contributed by atoms with Crippen LogP contribution in [0.1, 0.15) is 23.7 Å². The molecule has 1 heterocycles. The van der Waals surface area contributed by atoms with Crippen molar-refractivity contribution in [2.24, 2.45) is 0 Å². The van der Waals surface area contributed by atoms with Crippen molar-refractivity contribution in [2.75, 3.05) is 36.7 Å². The number of benzene rings is 1. The quantitative estimate of drug-likeness (QED) is 0.841. The Bertz CT molecular complexity index is 584. The summed E-state index contributed by atoms with van der Waals surface area (Å²) in [6.45, 7) is 4.82. The van der Waals surface area contributed by atoms with Crippen molar-refractivity contribution >= 4 is 34.0 Å². The van der Waals surface area contributed by atoms with Gasteiger partial charge in [0.05, 0.1) is 5.75 Å². The van der Waals surface area contributed by atoms with E-state index in [1.807, 2.05) is 6.92 Å². The van der Waals surface area contributed by atoms with Gasteiger partial charge in [-0.05, 0) is 30.7 Å². The number of anilines is 1. The first-order valence-electron chi connectivity index (χ1n) is 7.12. The molecule has 1 saturated heterocycles. The largest absolute Gasteiger partial charge is 0.336 e. The number of carbonyl (C=O) groups is 1. The first-order chi connectivity index (χ1) is 10.0. The molecule has 1 aliphatic heterocycles. The maximum Gasteiger partial charge on any atom is 0.253 e. The minimum absolute atomic E-state index is 0. The van der Waals surface area contributed by atoms with Crippen molar-refractivity contribution in [2.45, 2.75) is 13.3 Å². The Morgan fingerprint density at radius 3 is 2.36 bits per heavy atom. The van der Waals surface area contributed by atoms with Gasteiger partial charge < -0.3 is 10.2 Å². The molecule has 0 bridgehead atoms. The van der Waals surface area contributed by atoms with E-state index in [1.54, 1.807) is 29.2 Å². The molecule has 124 valence electrons. The van der Waals surface area contributed by atoms with E-state index in [0.717, 1.165) is 13.1 Å². The molecule has 0 spiro atoms. The van der Waals surface area contributed by atoms with E-state index in [4.69, 9.17) is 0 Å². The summed E-state index contributed by atoms with van der Waals surface area (Å²) >= 11 is 0. The predicted octanol–water partition coefficient (Wildman–Crippen LogP) is 1.31. The van der Waals surface area contributed by atoms with Crippen molar-refractivity contribution in [3.8, 4) is 0 Å². The zero-order valence-electron chi connectivity index (χ0n) is 12.5. The number of carbonyl (C=O) groups excluding carboxylic acids is 1. The van der Waals surface area contributed by atoms with E-state index in [0.29, 0.717) is 30.8 Å². The second kappa shape index (κ2) is 8.36. The molecule has 22 heavy (non-hydrogen) atoms. The van der Waals surface area contributed by atoms with Crippen LogP contribution >= 0.6 is 12.4 Å². The van der Waals surface area contributed by atoms with Crippen molar-refractivity contribution in [1.82, 2.24) is 10.2 Å². The lowest BCUT2D eigenvalue weighted by molar-refractivity contribution is 0.0736. The molecular weight excluding hydrogens is 326 g/mol. The molecule has 0 aliphatic carbocycles. The maximum atomic E-state index is 12.3. The van der Waals surface area contributed by atoms with Crippen LogP contribution in [0.15, 0.2) is 24.3 Å². The number of hydrogen-bond donors (Lipinski definition) is 2. The number of amides is 1. The normalized spacial score (nSPS) is 15.0. The van der Waals surface area contributed by atoms with Gasteiger partial charge in [-0.2, -0.15) is 0 Å². The minimum atomic E-state index is -3.29. The number of nitrogens with zero attached hydrogens (tertiary/aromatic N) is 1. The van der Waals surface area contributed by atoms with Gasteiger partial charge >= 0.3 is 0 Å². The topological polar surface area (TPSA) is 78.5 Å². The highest BCUT2D eigenvalue weighted by Crippen LogP contribution is 2.14. The summed E-state index contributed by atoms with van der Waals surface area (Å²) in [5, 5.41) is 3.20. The smallest absolute Gasteiger partial charge is 0.253 e. The highest BCUT2D eigenvalue weighted by atomic mass is 35.5. The third kappa shape index (κ3) is 5.15. The van der Waals surface area contributed by atoms with Crippen molar-refractivity contribution in [1.29, 1.82) is 0 Å². The summed E-state index contributed by atoms with van der Waals surface area (Å²) < 4.78 is 25.8. The lowest BCUT2D eigenvalue weighted by atomic mass is 10.1. The van der Waals surface area contributed by atoms with E-state index in [9.17, 15) is 13.2 Å². The van der Waals surface area contributed by atoms with Crippen molar-refractivity contribution in [3.63, 3.8) is 0 Å². The second-order valence-electron chi connectivity index (χ2n) is 5.04. The summed E-state index contributed by atoms with van der Waals surface area (Å²) in [4.78, 5) is 14.1. The number of piperazine rings is 1. The van der Waals surface area contributed by atoms with E-state index < -0.39 is 10.0 Å². The van der Waals surface area contributed by atoms with Crippen LogP contribution in [0, 0.1) is 0 Å².